The third kappa shape index (κ3) is 5.49. The molecule has 0 bridgehead atoms. The number of benzene rings is 1. The number of ether oxygens (including phenoxy) is 2. The van der Waals surface area contributed by atoms with E-state index >= 15 is 0 Å². The Kier molecular flexibility index (Phi) is 7.72. The van der Waals surface area contributed by atoms with Crippen LogP contribution in [0.25, 0.3) is 33.4 Å². The van der Waals surface area contributed by atoms with E-state index in [4.69, 9.17) is 26.8 Å². The minimum absolute atomic E-state index is 0.0914. The number of aryl methyl sites for hydroxylation is 2. The summed E-state index contributed by atoms with van der Waals surface area (Å²) in [5.41, 5.74) is 9.79. The van der Waals surface area contributed by atoms with E-state index in [9.17, 15) is 4.79 Å². The predicted molar refractivity (Wildman–Crippen MR) is 137 cm³/mol. The molecule has 1 fully saturated rings. The largest absolute Gasteiger partial charge is 0.357 e. The summed E-state index contributed by atoms with van der Waals surface area (Å²) in [6, 6.07) is 11.4. The van der Waals surface area contributed by atoms with E-state index < -0.39 is 0 Å². The second kappa shape index (κ2) is 10.9. The molecule has 1 aliphatic heterocycles. The summed E-state index contributed by atoms with van der Waals surface area (Å²) >= 11 is 6.57. The Morgan fingerprint density at radius 1 is 1.14 bits per heavy atom. The standard InChI is InChI=1S/C21H18ClN5O.C4H9NO2/c1-12-5-4-8-24-18(12)13-6-7-15(17(22)10-13)16-9-14-11-25-21(23-2)26-19(14)27(3)20(16)28;5-4-1-6-3-7-2-4/h4-11H,1-3H3,(H,23,25,26);4H,1-3,5H2. The van der Waals surface area contributed by atoms with Crippen molar-refractivity contribution < 1.29 is 9.47 Å². The fraction of sp³-hybridized carbons (Fsp3) is 0.280. The normalized spacial score (nSPS) is 13.9. The number of nitrogens with one attached hydrogen (secondary N) is 1. The Balaban J connectivity index is 0.000000356. The molecular weight excluding hydrogens is 468 g/mol. The predicted octanol–water partition coefficient (Wildman–Crippen LogP) is 3.38. The van der Waals surface area contributed by atoms with Crippen LogP contribution in [0, 0.1) is 6.92 Å². The molecule has 0 unspecified atom stereocenters. The van der Waals surface area contributed by atoms with E-state index in [0.717, 1.165) is 22.2 Å². The topological polar surface area (TPSA) is 117 Å². The SMILES string of the molecule is CNc1ncc2cc(-c3ccc(-c4ncccc4C)cc3Cl)c(=O)n(C)c2n1.NC1COCOC1. The zero-order valence-corrected chi connectivity index (χ0v) is 20.5. The molecule has 10 heteroatoms. The van der Waals surface area contributed by atoms with Gasteiger partial charge >= 0.3 is 0 Å². The second-order valence-corrected chi connectivity index (χ2v) is 8.53. The van der Waals surface area contributed by atoms with Crippen LogP contribution in [-0.4, -0.2) is 52.6 Å². The second-order valence-electron chi connectivity index (χ2n) is 8.13. The highest BCUT2D eigenvalue weighted by Crippen LogP contribution is 2.32. The van der Waals surface area contributed by atoms with Crippen LogP contribution in [0.1, 0.15) is 5.56 Å². The summed E-state index contributed by atoms with van der Waals surface area (Å²) in [5.74, 6) is 0.461. The molecule has 182 valence electrons. The van der Waals surface area contributed by atoms with Gasteiger partial charge in [-0.1, -0.05) is 29.8 Å². The summed E-state index contributed by atoms with van der Waals surface area (Å²) < 4.78 is 11.2. The molecule has 3 N–H and O–H groups in total. The van der Waals surface area contributed by atoms with E-state index in [2.05, 4.69) is 20.3 Å². The third-order valence-corrected chi connectivity index (χ3v) is 5.86. The van der Waals surface area contributed by atoms with E-state index in [0.29, 0.717) is 47.8 Å². The van der Waals surface area contributed by atoms with E-state index in [1.54, 1.807) is 32.6 Å². The van der Waals surface area contributed by atoms with Crippen LogP contribution in [0.15, 0.2) is 53.6 Å². The third-order valence-electron chi connectivity index (χ3n) is 5.54. The van der Waals surface area contributed by atoms with Crippen molar-refractivity contribution in [3.63, 3.8) is 0 Å². The Morgan fingerprint density at radius 2 is 1.91 bits per heavy atom. The molecule has 5 rings (SSSR count). The highest BCUT2D eigenvalue weighted by Gasteiger charge is 2.15. The van der Waals surface area contributed by atoms with Crippen LogP contribution >= 0.6 is 11.6 Å². The molecule has 0 radical (unpaired) electrons. The first-order valence-corrected chi connectivity index (χ1v) is 11.4. The fourth-order valence-corrected chi connectivity index (χ4v) is 4.02. The van der Waals surface area contributed by atoms with Crippen molar-refractivity contribution in [3.8, 4) is 22.4 Å². The highest BCUT2D eigenvalue weighted by atomic mass is 35.5. The lowest BCUT2D eigenvalue weighted by molar-refractivity contribution is -0.106. The maximum atomic E-state index is 13.0. The smallest absolute Gasteiger partial charge is 0.259 e. The molecular formula is C25H27ClN6O3. The number of rotatable bonds is 3. The Morgan fingerprint density at radius 3 is 2.54 bits per heavy atom. The van der Waals surface area contributed by atoms with Crippen molar-refractivity contribution in [1.82, 2.24) is 19.5 Å². The van der Waals surface area contributed by atoms with Crippen molar-refractivity contribution in [1.29, 1.82) is 0 Å². The number of pyridine rings is 2. The van der Waals surface area contributed by atoms with Crippen LogP contribution in [0.5, 0.6) is 0 Å². The molecule has 0 atom stereocenters. The number of anilines is 1. The van der Waals surface area contributed by atoms with Crippen molar-refractivity contribution in [2.45, 2.75) is 13.0 Å². The molecule has 1 aliphatic rings. The van der Waals surface area contributed by atoms with Gasteiger partial charge in [0.1, 0.15) is 12.4 Å². The van der Waals surface area contributed by atoms with Gasteiger partial charge in [-0.3, -0.25) is 14.3 Å². The number of nitrogens with zero attached hydrogens (tertiary/aromatic N) is 4. The van der Waals surface area contributed by atoms with Crippen molar-refractivity contribution in [2.75, 3.05) is 32.4 Å². The summed E-state index contributed by atoms with van der Waals surface area (Å²) in [6.07, 6.45) is 3.44. The highest BCUT2D eigenvalue weighted by molar-refractivity contribution is 6.33. The average Bonchev–Trinajstić information content (AvgIpc) is 2.87. The molecule has 4 aromatic rings. The number of fused-ring (bicyclic) bond motifs is 1. The lowest BCUT2D eigenvalue weighted by Crippen LogP contribution is -2.36. The number of aromatic nitrogens is 4. The summed E-state index contributed by atoms with van der Waals surface area (Å²) in [4.78, 5) is 26.0. The van der Waals surface area contributed by atoms with Gasteiger partial charge in [-0.25, -0.2) is 4.98 Å². The fourth-order valence-electron chi connectivity index (χ4n) is 3.73. The average molecular weight is 495 g/mol. The minimum Gasteiger partial charge on any atom is -0.357 e. The maximum Gasteiger partial charge on any atom is 0.259 e. The van der Waals surface area contributed by atoms with Gasteiger partial charge in [0.2, 0.25) is 5.95 Å². The zero-order valence-electron chi connectivity index (χ0n) is 19.8. The van der Waals surface area contributed by atoms with Crippen LogP contribution < -0.4 is 16.6 Å². The molecule has 3 aromatic heterocycles. The van der Waals surface area contributed by atoms with E-state index in [-0.39, 0.29) is 11.6 Å². The molecule has 4 heterocycles. The Labute approximate surface area is 207 Å². The number of hydrogen-bond donors (Lipinski definition) is 2. The Hall–Kier alpha value is -3.37. The van der Waals surface area contributed by atoms with Crippen molar-refractivity contribution >= 4 is 28.6 Å². The van der Waals surface area contributed by atoms with Crippen LogP contribution in [0.3, 0.4) is 0 Å². The summed E-state index contributed by atoms with van der Waals surface area (Å²) in [6.45, 7) is 3.69. The first kappa shape index (κ1) is 24.7. The van der Waals surface area contributed by atoms with Gasteiger partial charge in [0.15, 0.2) is 0 Å². The number of hydrogen-bond acceptors (Lipinski definition) is 8. The van der Waals surface area contributed by atoms with Gasteiger partial charge in [-0.15, -0.1) is 0 Å². The van der Waals surface area contributed by atoms with Gasteiger partial charge in [0, 0.05) is 53.6 Å². The molecule has 1 saturated heterocycles. The molecule has 0 amide bonds. The summed E-state index contributed by atoms with van der Waals surface area (Å²) in [5, 5.41) is 4.14. The molecule has 0 spiro atoms. The molecule has 35 heavy (non-hydrogen) atoms. The van der Waals surface area contributed by atoms with E-state index in [1.165, 1.54) is 4.57 Å². The van der Waals surface area contributed by atoms with Gasteiger partial charge in [-0.2, -0.15) is 4.98 Å². The monoisotopic (exact) mass is 494 g/mol. The first-order valence-electron chi connectivity index (χ1n) is 11.1. The van der Waals surface area contributed by atoms with Gasteiger partial charge < -0.3 is 20.5 Å². The first-order chi connectivity index (χ1) is 16.9. The van der Waals surface area contributed by atoms with Crippen LogP contribution in [0.2, 0.25) is 5.02 Å². The maximum absolute atomic E-state index is 13.0. The quantitative estimate of drug-likeness (QED) is 0.445. The summed E-state index contributed by atoms with van der Waals surface area (Å²) in [7, 11) is 3.43. The molecule has 0 aliphatic carbocycles. The lowest BCUT2D eigenvalue weighted by atomic mass is 10.0. The Bertz CT molecular complexity index is 1400. The van der Waals surface area contributed by atoms with Crippen molar-refractivity contribution in [3.05, 3.63) is 69.7 Å². The van der Waals surface area contributed by atoms with E-state index in [1.807, 2.05) is 37.3 Å². The zero-order chi connectivity index (χ0) is 24.9. The number of halogens is 1. The minimum atomic E-state index is -0.170. The van der Waals surface area contributed by atoms with Crippen LogP contribution in [-0.2, 0) is 16.5 Å². The molecule has 0 saturated carbocycles. The van der Waals surface area contributed by atoms with Crippen LogP contribution in [0.4, 0.5) is 5.95 Å². The molecule has 1 aromatic carbocycles. The lowest BCUT2D eigenvalue weighted by Gasteiger charge is -2.17. The molecule has 9 nitrogen and oxygen atoms in total. The van der Waals surface area contributed by atoms with Gasteiger partial charge in [0.05, 0.1) is 24.9 Å². The van der Waals surface area contributed by atoms with Gasteiger partial charge in [0.25, 0.3) is 5.56 Å². The van der Waals surface area contributed by atoms with Gasteiger partial charge in [-0.05, 0) is 30.7 Å². The van der Waals surface area contributed by atoms with Crippen molar-refractivity contribution in [2.24, 2.45) is 12.8 Å². The number of nitrogens with two attached hydrogens (primary N) is 1.